The van der Waals surface area contributed by atoms with E-state index in [1.807, 2.05) is 13.8 Å². The van der Waals surface area contributed by atoms with Crippen molar-refractivity contribution in [3.05, 3.63) is 0 Å². The van der Waals surface area contributed by atoms with Gasteiger partial charge in [0.25, 0.3) is 0 Å². The molecule has 20 heavy (non-hydrogen) atoms. The van der Waals surface area contributed by atoms with E-state index in [0.717, 1.165) is 0 Å². The van der Waals surface area contributed by atoms with Crippen LogP contribution < -0.4 is 0 Å². The van der Waals surface area contributed by atoms with Gasteiger partial charge in [0.05, 0.1) is 25.4 Å². The number of hydrogen-bond acceptors (Lipinski definition) is 6. The largest absolute Gasteiger partial charge is 0.388 e. The molecule has 0 aromatic rings. The lowest BCUT2D eigenvalue weighted by Crippen LogP contribution is -2.11. The van der Waals surface area contributed by atoms with Crippen LogP contribution in [0, 0.1) is 0 Å². The quantitative estimate of drug-likeness (QED) is 0.746. The highest BCUT2D eigenvalue weighted by molar-refractivity contribution is 4.41. The molecule has 0 bridgehead atoms. The van der Waals surface area contributed by atoms with Crippen LogP contribution in [0.3, 0.4) is 0 Å². The molecule has 0 N–H and O–H groups in total. The molecule has 2 unspecified atom stereocenters. The van der Waals surface area contributed by atoms with Crippen LogP contribution in [0.2, 0.25) is 0 Å². The molecule has 0 radical (unpaired) electrons. The van der Waals surface area contributed by atoms with E-state index in [1.165, 1.54) is 0 Å². The molecule has 0 aliphatic heterocycles. The maximum absolute atomic E-state index is 4.87. The van der Waals surface area contributed by atoms with Crippen LogP contribution in [0.1, 0.15) is 13.8 Å². The highest BCUT2D eigenvalue weighted by Crippen LogP contribution is 1.85. The summed E-state index contributed by atoms with van der Waals surface area (Å²) in [6.07, 6.45) is 0.454. The third-order valence-corrected chi connectivity index (χ3v) is 1.61. The van der Waals surface area contributed by atoms with E-state index in [0.29, 0.717) is 13.2 Å². The maximum Gasteiger partial charge on any atom is 0.0776 e. The van der Waals surface area contributed by atoms with Gasteiger partial charge in [-0.25, -0.2) is 0 Å². The maximum atomic E-state index is 4.87. The van der Waals surface area contributed by atoms with Crippen LogP contribution in [0.4, 0.5) is 0 Å². The van der Waals surface area contributed by atoms with Gasteiger partial charge in [-0.1, -0.05) is 0 Å². The van der Waals surface area contributed by atoms with Crippen molar-refractivity contribution >= 4 is 0 Å². The van der Waals surface area contributed by atoms with Crippen LogP contribution in [0.5, 0.6) is 0 Å². The Hall–Kier alpha value is -0.240. The summed E-state index contributed by atoms with van der Waals surface area (Å²) in [4.78, 5) is 0. The summed E-state index contributed by atoms with van der Waals surface area (Å²) < 4.78 is 27.8. The second-order valence-electron chi connectivity index (χ2n) is 3.82. The van der Waals surface area contributed by atoms with Gasteiger partial charge in [-0.15, -0.1) is 0 Å². The van der Waals surface area contributed by atoms with Crippen molar-refractivity contribution in [1.82, 2.24) is 0 Å². The number of methoxy groups -OCH3 is 6. The molecule has 128 valence electrons. The minimum absolute atomic E-state index is 0.227. The van der Waals surface area contributed by atoms with Crippen molar-refractivity contribution < 1.29 is 28.4 Å². The van der Waals surface area contributed by atoms with E-state index in [1.54, 1.807) is 56.9 Å². The Morgan fingerprint density at radius 2 is 0.750 bits per heavy atom. The Bertz CT molecular complexity index is 110. The second-order valence-corrected chi connectivity index (χ2v) is 3.82. The summed E-state index contributed by atoms with van der Waals surface area (Å²) in [5, 5.41) is 0. The van der Waals surface area contributed by atoms with Gasteiger partial charge in [0.15, 0.2) is 0 Å². The topological polar surface area (TPSA) is 55.4 Å². The van der Waals surface area contributed by atoms with Crippen LogP contribution in [0.25, 0.3) is 0 Å². The van der Waals surface area contributed by atoms with Crippen molar-refractivity contribution in [3.8, 4) is 0 Å². The summed E-state index contributed by atoms with van der Waals surface area (Å²) in [7, 11) is 13.2. The lowest BCUT2D eigenvalue weighted by molar-refractivity contribution is 0.0401. The highest BCUT2D eigenvalue weighted by Gasteiger charge is 1.93. The zero-order chi connectivity index (χ0) is 16.8. The van der Waals surface area contributed by atoms with Gasteiger partial charge >= 0.3 is 0 Å². The summed E-state index contributed by atoms with van der Waals surface area (Å²) >= 11 is 0. The molecule has 0 spiro atoms. The van der Waals surface area contributed by atoms with E-state index in [-0.39, 0.29) is 12.2 Å². The van der Waals surface area contributed by atoms with Gasteiger partial charge < -0.3 is 28.4 Å². The average Bonchev–Trinajstić information content (AvgIpc) is 2.41. The third-order valence-electron chi connectivity index (χ3n) is 1.61. The third kappa shape index (κ3) is 52.4. The number of ether oxygens (including phenoxy) is 6. The SMILES string of the molecule is COC.COC.COCC(C)OC.COCC(C)OC. The molecule has 0 rings (SSSR count). The minimum Gasteiger partial charge on any atom is -0.388 e. The normalized spacial score (nSPS) is 11.7. The molecule has 0 amide bonds. The standard InChI is InChI=1S/2C5H12O2.2C2H6O/c2*1-5(7-3)4-6-2;2*1-3-2/h2*5H,4H2,1-3H3;2*1-2H3. The van der Waals surface area contributed by atoms with E-state index >= 15 is 0 Å². The first-order chi connectivity index (χ1) is 9.44. The van der Waals surface area contributed by atoms with Crippen molar-refractivity contribution in [1.29, 1.82) is 0 Å². The average molecular weight is 300 g/mol. The summed E-state index contributed by atoms with van der Waals surface area (Å²) in [6, 6.07) is 0. The molecule has 0 aromatic carbocycles. The van der Waals surface area contributed by atoms with Crippen LogP contribution in [0.15, 0.2) is 0 Å². The molecule has 6 heteroatoms. The molecule has 0 saturated heterocycles. The van der Waals surface area contributed by atoms with Crippen molar-refractivity contribution in [2.45, 2.75) is 26.1 Å². The zero-order valence-corrected chi connectivity index (χ0v) is 15.0. The molecule has 0 aliphatic carbocycles. The fourth-order valence-electron chi connectivity index (χ4n) is 0.605. The van der Waals surface area contributed by atoms with Crippen LogP contribution in [-0.4, -0.2) is 82.3 Å². The van der Waals surface area contributed by atoms with Gasteiger partial charge in [0, 0.05) is 56.9 Å². The number of rotatable bonds is 6. The van der Waals surface area contributed by atoms with Crippen LogP contribution >= 0.6 is 0 Å². The van der Waals surface area contributed by atoms with Crippen LogP contribution in [-0.2, 0) is 28.4 Å². The minimum atomic E-state index is 0.227. The molecule has 0 aliphatic rings. The Balaban J connectivity index is -0.0000000927. The molecule has 0 aromatic heterocycles. The first kappa shape index (κ1) is 28.0. The van der Waals surface area contributed by atoms with Crippen molar-refractivity contribution in [2.24, 2.45) is 0 Å². The molecule has 0 fully saturated rings. The molecule has 6 nitrogen and oxygen atoms in total. The second kappa shape index (κ2) is 31.3. The van der Waals surface area contributed by atoms with Gasteiger partial charge in [-0.05, 0) is 13.8 Å². The molecular formula is C14H36O6. The number of hydrogen-bond donors (Lipinski definition) is 0. The van der Waals surface area contributed by atoms with E-state index < -0.39 is 0 Å². The van der Waals surface area contributed by atoms with Gasteiger partial charge in [0.2, 0.25) is 0 Å². The summed E-state index contributed by atoms with van der Waals surface area (Å²) in [5.41, 5.74) is 0. The first-order valence-corrected chi connectivity index (χ1v) is 6.29. The summed E-state index contributed by atoms with van der Waals surface area (Å²) in [6.45, 7) is 5.28. The predicted molar refractivity (Wildman–Crippen MR) is 82.6 cm³/mol. The first-order valence-electron chi connectivity index (χ1n) is 6.29. The van der Waals surface area contributed by atoms with E-state index in [9.17, 15) is 0 Å². The molecule has 2 atom stereocenters. The summed E-state index contributed by atoms with van der Waals surface area (Å²) in [5.74, 6) is 0. The van der Waals surface area contributed by atoms with Gasteiger partial charge in [-0.2, -0.15) is 0 Å². The monoisotopic (exact) mass is 300 g/mol. The Kier molecular flexibility index (Phi) is 43.8. The molecule has 0 saturated carbocycles. The molecule has 0 heterocycles. The molecular weight excluding hydrogens is 264 g/mol. The lowest BCUT2D eigenvalue weighted by Gasteiger charge is -2.05. The van der Waals surface area contributed by atoms with Gasteiger partial charge in [0.1, 0.15) is 0 Å². The Morgan fingerprint density at radius 3 is 0.800 bits per heavy atom. The van der Waals surface area contributed by atoms with Crippen molar-refractivity contribution in [2.75, 3.05) is 70.1 Å². The fourth-order valence-corrected chi connectivity index (χ4v) is 0.605. The smallest absolute Gasteiger partial charge is 0.0776 e. The predicted octanol–water partition coefficient (Wildman–Crippen LogP) is 1.86. The van der Waals surface area contributed by atoms with E-state index in [4.69, 9.17) is 18.9 Å². The zero-order valence-electron chi connectivity index (χ0n) is 15.0. The fraction of sp³-hybridized carbons (Fsp3) is 1.00. The Morgan fingerprint density at radius 1 is 0.550 bits per heavy atom. The Labute approximate surface area is 125 Å². The highest BCUT2D eigenvalue weighted by atomic mass is 16.5. The van der Waals surface area contributed by atoms with Crippen molar-refractivity contribution in [3.63, 3.8) is 0 Å². The van der Waals surface area contributed by atoms with Gasteiger partial charge in [-0.3, -0.25) is 0 Å². The lowest BCUT2D eigenvalue weighted by atomic mass is 10.4. The van der Waals surface area contributed by atoms with E-state index in [2.05, 4.69) is 9.47 Å².